The molecular weight excluding hydrogens is 958 g/mol. The molecule has 73 heavy (non-hydrogen) atoms. The van der Waals surface area contributed by atoms with Crippen LogP contribution in [-0.4, -0.2) is 110 Å². The third kappa shape index (κ3) is 10.3. The van der Waals surface area contributed by atoms with Crippen molar-refractivity contribution >= 4 is 44.0 Å². The lowest BCUT2D eigenvalue weighted by molar-refractivity contribution is -0.384. The van der Waals surface area contributed by atoms with E-state index >= 15 is 4.39 Å². The first-order valence-electron chi connectivity index (χ1n) is 25.6. The Kier molecular flexibility index (Phi) is 13.8. The molecule has 2 saturated carbocycles. The Hall–Kier alpha value is -6.02. The van der Waals surface area contributed by atoms with Gasteiger partial charge in [0.1, 0.15) is 30.4 Å². The lowest BCUT2D eigenvalue weighted by Crippen LogP contribution is -2.63. The molecule has 17 nitrogen and oxygen atoms in total. The number of nitro benzene ring substituents is 1. The van der Waals surface area contributed by atoms with Gasteiger partial charge in [-0.15, -0.1) is 0 Å². The van der Waals surface area contributed by atoms with Gasteiger partial charge < -0.3 is 39.3 Å². The standard InChI is InChI=1S/C54H66FN7O10S/c1-32(2)37-9-6-7-10-38(37)39-11-8-12-44(39)61-30-54(31-61)19-21-60(22-20-54)35-13-14-40(46(23-35)72-48-26-41-42(55)27-56-50(41)58-52(48)71-28-33(3)69-5)51(63)59-73(67,68)36-24-45(62(65)66)49-47(25-36)70-29-43(57-49)34-15-17-53(4,64)18-16-34/h6-7,9-10,13-14,23-27,32-34,39,43-44,57,64H,8,11-12,15-22,28-31H2,1-5H3,(H,56,58)(H,59,63)/t33-,34?,39-,43-,44-,53?/m1/s1. The predicted octanol–water partition coefficient (Wildman–Crippen LogP) is 9.41. The number of carbonyl (C=O) groups is 1. The summed E-state index contributed by atoms with van der Waals surface area (Å²) in [5.74, 6) is -0.777. The lowest BCUT2D eigenvalue weighted by Gasteiger charge is -2.57. The van der Waals surface area contributed by atoms with Gasteiger partial charge in [0.15, 0.2) is 17.2 Å². The minimum atomic E-state index is -4.78. The van der Waals surface area contributed by atoms with Crippen molar-refractivity contribution in [3.05, 3.63) is 99.5 Å². The molecule has 0 unspecified atom stereocenters. The summed E-state index contributed by atoms with van der Waals surface area (Å²) in [6.07, 6.45) is 8.87. The van der Waals surface area contributed by atoms with E-state index in [1.807, 2.05) is 0 Å². The monoisotopic (exact) mass is 1020 g/mol. The van der Waals surface area contributed by atoms with E-state index in [4.69, 9.17) is 18.9 Å². The molecule has 390 valence electrons. The molecule has 4 N–H and O–H groups in total. The van der Waals surface area contributed by atoms with Gasteiger partial charge in [0.25, 0.3) is 27.5 Å². The van der Waals surface area contributed by atoms with Gasteiger partial charge in [-0.25, -0.2) is 17.5 Å². The van der Waals surface area contributed by atoms with Crippen LogP contribution in [-0.2, 0) is 14.8 Å². The van der Waals surface area contributed by atoms with Crippen LogP contribution < -0.4 is 29.1 Å². The highest BCUT2D eigenvalue weighted by Gasteiger charge is 2.49. The number of aromatic amines is 1. The van der Waals surface area contributed by atoms with Gasteiger partial charge in [0, 0.05) is 75.5 Å². The van der Waals surface area contributed by atoms with Crippen molar-refractivity contribution in [2.24, 2.45) is 11.3 Å². The van der Waals surface area contributed by atoms with Crippen molar-refractivity contribution in [2.75, 3.05) is 56.7 Å². The molecule has 5 aliphatic rings. The fourth-order valence-corrected chi connectivity index (χ4v) is 12.9. The molecule has 1 spiro atoms. The fraction of sp³-hybridized carbons (Fsp3) is 0.519. The number of nitrogens with zero attached hydrogens (tertiary/aromatic N) is 4. The molecule has 4 fully saturated rings. The number of H-pyrrole nitrogens is 1. The largest absolute Gasteiger partial charge is 0.489 e. The second-order valence-corrected chi connectivity index (χ2v) is 23.3. The number of hydrogen-bond donors (Lipinski definition) is 4. The number of aliphatic hydroxyl groups is 1. The SMILES string of the molecule is CO[C@H](C)COc1nc2[nH]cc(F)c2cc1Oc1cc(N2CCC3(CC2)CN([C@@H]2CCC[C@@H]2c2ccccc2C(C)C)C3)ccc1C(=O)NS(=O)(=O)c1cc2c(c([N+](=O)[O-])c1)N[C@@H](C1CCC(C)(O)CC1)CO2. The number of pyridine rings is 1. The second kappa shape index (κ2) is 20.0. The van der Waals surface area contributed by atoms with Crippen molar-refractivity contribution in [3.8, 4) is 23.1 Å². The minimum absolute atomic E-state index is 0.0261. The highest BCUT2D eigenvalue weighted by Crippen LogP contribution is 2.50. The number of aromatic nitrogens is 2. The van der Waals surface area contributed by atoms with E-state index in [0.29, 0.717) is 43.6 Å². The topological polar surface area (TPSA) is 211 Å². The zero-order valence-corrected chi connectivity index (χ0v) is 42.9. The van der Waals surface area contributed by atoms with E-state index in [1.54, 1.807) is 26.0 Å². The maximum absolute atomic E-state index is 15.1. The van der Waals surface area contributed by atoms with E-state index in [1.165, 1.54) is 49.6 Å². The van der Waals surface area contributed by atoms with Crippen molar-refractivity contribution in [1.82, 2.24) is 19.6 Å². The van der Waals surface area contributed by atoms with Crippen LogP contribution in [0.4, 0.5) is 21.5 Å². The van der Waals surface area contributed by atoms with Crippen LogP contribution in [0, 0.1) is 27.3 Å². The van der Waals surface area contributed by atoms with Gasteiger partial charge in [0.2, 0.25) is 0 Å². The molecule has 2 aliphatic carbocycles. The molecule has 2 saturated heterocycles. The number of rotatable bonds is 15. The first kappa shape index (κ1) is 50.5. The summed E-state index contributed by atoms with van der Waals surface area (Å²) >= 11 is 0. The Labute approximate surface area is 425 Å². The van der Waals surface area contributed by atoms with E-state index < -0.39 is 42.9 Å². The Morgan fingerprint density at radius 3 is 2.51 bits per heavy atom. The van der Waals surface area contributed by atoms with Crippen LogP contribution >= 0.6 is 0 Å². The smallest absolute Gasteiger partial charge is 0.297 e. The number of benzene rings is 3. The third-order valence-electron chi connectivity index (χ3n) is 16.3. The molecule has 1 amide bonds. The Morgan fingerprint density at radius 1 is 1.03 bits per heavy atom. The summed E-state index contributed by atoms with van der Waals surface area (Å²) < 4.78 is 69.4. The number of sulfonamides is 1. The molecule has 0 radical (unpaired) electrons. The Balaban J connectivity index is 0.904. The first-order chi connectivity index (χ1) is 34.9. The molecule has 4 atom stereocenters. The second-order valence-electron chi connectivity index (χ2n) is 21.6. The van der Waals surface area contributed by atoms with Gasteiger partial charge >= 0.3 is 0 Å². The third-order valence-corrected chi connectivity index (χ3v) is 17.6. The van der Waals surface area contributed by atoms with Gasteiger partial charge in [-0.3, -0.25) is 19.8 Å². The van der Waals surface area contributed by atoms with Crippen molar-refractivity contribution < 1.29 is 46.6 Å². The summed E-state index contributed by atoms with van der Waals surface area (Å²) in [4.78, 5) is 37.8. The number of halogens is 1. The summed E-state index contributed by atoms with van der Waals surface area (Å²) in [7, 11) is -3.25. The summed E-state index contributed by atoms with van der Waals surface area (Å²) in [5.41, 5.74) is 2.60. The number of carbonyl (C=O) groups excluding carboxylic acids is 1. The van der Waals surface area contributed by atoms with E-state index in [-0.39, 0.29) is 82.1 Å². The molecule has 3 aliphatic heterocycles. The Bertz CT molecular complexity index is 2990. The normalized spacial score (nSPS) is 24.4. The van der Waals surface area contributed by atoms with E-state index in [2.05, 4.69) is 67.9 Å². The van der Waals surface area contributed by atoms with Gasteiger partial charge in [-0.1, -0.05) is 44.5 Å². The number of methoxy groups -OCH3 is 1. The fourth-order valence-electron chi connectivity index (χ4n) is 11.9. The van der Waals surface area contributed by atoms with E-state index in [9.17, 15) is 28.4 Å². The number of amides is 1. The molecule has 2 aromatic heterocycles. The number of hydrogen-bond acceptors (Lipinski definition) is 14. The number of piperidine rings is 1. The summed E-state index contributed by atoms with van der Waals surface area (Å²) in [6, 6.07) is 17.5. The average molecular weight is 1020 g/mol. The number of nitrogens with one attached hydrogen (secondary N) is 3. The first-order valence-corrected chi connectivity index (χ1v) is 27.1. The lowest BCUT2D eigenvalue weighted by atomic mass is 9.70. The van der Waals surface area contributed by atoms with E-state index in [0.717, 1.165) is 63.0 Å². The molecular formula is C54H66FN7O10S. The highest BCUT2D eigenvalue weighted by molar-refractivity contribution is 7.90. The molecule has 5 aromatic rings. The summed E-state index contributed by atoms with van der Waals surface area (Å²) in [6.45, 7) is 11.9. The van der Waals surface area contributed by atoms with Crippen molar-refractivity contribution in [2.45, 2.75) is 126 Å². The van der Waals surface area contributed by atoms with Gasteiger partial charge in [-0.05, 0) is 112 Å². The van der Waals surface area contributed by atoms with Gasteiger partial charge in [-0.2, -0.15) is 4.98 Å². The van der Waals surface area contributed by atoms with Gasteiger partial charge in [0.05, 0.1) is 38.5 Å². The molecule has 5 heterocycles. The van der Waals surface area contributed by atoms with Crippen LogP contribution in [0.25, 0.3) is 11.0 Å². The van der Waals surface area contributed by atoms with Crippen LogP contribution in [0.15, 0.2) is 71.8 Å². The van der Waals surface area contributed by atoms with Crippen LogP contribution in [0.1, 0.15) is 119 Å². The quantitative estimate of drug-likeness (QED) is 0.0569. The molecule has 19 heteroatoms. The Morgan fingerprint density at radius 2 is 1.78 bits per heavy atom. The average Bonchev–Trinajstić information content (AvgIpc) is 4.00. The number of fused-ring (bicyclic) bond motifs is 2. The van der Waals surface area contributed by atoms with Crippen LogP contribution in [0.2, 0.25) is 0 Å². The van der Waals surface area contributed by atoms with Crippen molar-refractivity contribution in [3.63, 3.8) is 0 Å². The van der Waals surface area contributed by atoms with Crippen LogP contribution in [0.5, 0.6) is 23.1 Å². The highest BCUT2D eigenvalue weighted by atomic mass is 32.2. The molecule has 10 rings (SSSR count). The van der Waals surface area contributed by atoms with Crippen molar-refractivity contribution in [1.29, 1.82) is 0 Å². The molecule has 3 aromatic carbocycles. The predicted molar refractivity (Wildman–Crippen MR) is 274 cm³/mol. The van der Waals surface area contributed by atoms with Crippen LogP contribution in [0.3, 0.4) is 0 Å². The number of nitro groups is 1. The molecule has 0 bridgehead atoms. The minimum Gasteiger partial charge on any atom is -0.489 e. The number of anilines is 2. The number of likely N-dealkylation sites (tertiary alicyclic amines) is 1. The number of ether oxygens (including phenoxy) is 4. The maximum atomic E-state index is 15.1. The maximum Gasteiger partial charge on any atom is 0.297 e. The zero-order chi connectivity index (χ0) is 51.4. The zero-order valence-electron chi connectivity index (χ0n) is 42.1. The summed E-state index contributed by atoms with van der Waals surface area (Å²) in [5, 5.41) is 26.3.